The van der Waals surface area contributed by atoms with Crippen LogP contribution in [-0.4, -0.2) is 49.2 Å². The van der Waals surface area contributed by atoms with Gasteiger partial charge in [-0.3, -0.25) is 4.79 Å². The van der Waals surface area contributed by atoms with E-state index in [4.69, 9.17) is 21.1 Å². The maximum absolute atomic E-state index is 13.2. The number of fused-ring (bicyclic) bond motifs is 3. The number of benzene rings is 2. The maximum atomic E-state index is 13.2. The Labute approximate surface area is 195 Å². The lowest BCUT2D eigenvalue weighted by Crippen LogP contribution is -2.43. The van der Waals surface area contributed by atoms with E-state index in [-0.39, 0.29) is 12.0 Å². The quantitative estimate of drug-likeness (QED) is 0.591. The van der Waals surface area contributed by atoms with Crippen molar-refractivity contribution in [1.82, 2.24) is 4.90 Å². The zero-order valence-corrected chi connectivity index (χ0v) is 19.6. The molecule has 1 amide bonds. The molecule has 170 valence electrons. The van der Waals surface area contributed by atoms with Crippen molar-refractivity contribution in [3.63, 3.8) is 0 Å². The molecule has 6 heteroatoms. The third-order valence-electron chi connectivity index (χ3n) is 7.21. The molecule has 5 nitrogen and oxygen atoms in total. The van der Waals surface area contributed by atoms with Gasteiger partial charge in [-0.25, -0.2) is 0 Å². The van der Waals surface area contributed by atoms with Gasteiger partial charge in [-0.05, 0) is 87.5 Å². The molecule has 0 saturated carbocycles. The van der Waals surface area contributed by atoms with Gasteiger partial charge in [0.2, 0.25) is 0 Å². The van der Waals surface area contributed by atoms with Crippen LogP contribution in [0.1, 0.15) is 54.9 Å². The minimum Gasteiger partial charge on any atom is -0.494 e. The summed E-state index contributed by atoms with van der Waals surface area (Å²) in [6, 6.07) is 12.7. The third-order valence-corrected chi connectivity index (χ3v) is 7.50. The van der Waals surface area contributed by atoms with E-state index in [0.29, 0.717) is 36.0 Å². The van der Waals surface area contributed by atoms with Gasteiger partial charge in [0.25, 0.3) is 5.91 Å². The summed E-state index contributed by atoms with van der Waals surface area (Å²) >= 11 is 6.61. The molecule has 2 fully saturated rings. The van der Waals surface area contributed by atoms with Crippen LogP contribution in [0.15, 0.2) is 36.4 Å². The zero-order valence-electron chi connectivity index (χ0n) is 18.9. The van der Waals surface area contributed by atoms with Crippen molar-refractivity contribution in [1.29, 1.82) is 0 Å². The average Bonchev–Trinajstić information content (AvgIpc) is 2.99. The molecular formula is C26H31ClN2O3. The van der Waals surface area contributed by atoms with Crippen molar-refractivity contribution in [2.45, 2.75) is 63.6 Å². The molecule has 2 saturated heterocycles. The van der Waals surface area contributed by atoms with Crippen molar-refractivity contribution in [3.05, 3.63) is 52.5 Å². The molecule has 2 aromatic carbocycles. The molecule has 2 atom stereocenters. The van der Waals surface area contributed by atoms with E-state index in [1.54, 1.807) is 4.90 Å². The van der Waals surface area contributed by atoms with Crippen molar-refractivity contribution in [3.8, 4) is 11.5 Å². The topological polar surface area (TPSA) is 42.0 Å². The van der Waals surface area contributed by atoms with Gasteiger partial charge in [0.05, 0.1) is 11.6 Å². The van der Waals surface area contributed by atoms with Crippen LogP contribution >= 0.6 is 11.6 Å². The second-order valence-corrected chi connectivity index (χ2v) is 9.66. The van der Waals surface area contributed by atoms with Crippen LogP contribution in [0, 0.1) is 0 Å². The molecule has 3 aliphatic rings. The van der Waals surface area contributed by atoms with Crippen molar-refractivity contribution >= 4 is 23.2 Å². The van der Waals surface area contributed by atoms with E-state index in [0.717, 1.165) is 48.2 Å². The Morgan fingerprint density at radius 2 is 1.88 bits per heavy atom. The molecule has 0 aromatic heterocycles. The van der Waals surface area contributed by atoms with Gasteiger partial charge in [0.15, 0.2) is 0 Å². The number of amides is 1. The van der Waals surface area contributed by atoms with Crippen LogP contribution in [0.5, 0.6) is 11.5 Å². The lowest BCUT2D eigenvalue weighted by atomic mass is 9.98. The lowest BCUT2D eigenvalue weighted by molar-refractivity contribution is 0.0662. The molecule has 32 heavy (non-hydrogen) atoms. The number of hydrogen-bond acceptors (Lipinski definition) is 4. The summed E-state index contributed by atoms with van der Waals surface area (Å²) in [6.45, 7) is 3.39. The van der Waals surface area contributed by atoms with E-state index in [1.165, 1.54) is 12.8 Å². The van der Waals surface area contributed by atoms with Gasteiger partial charge in [-0.2, -0.15) is 0 Å². The first kappa shape index (κ1) is 21.6. The minimum atomic E-state index is 0.00456. The van der Waals surface area contributed by atoms with Gasteiger partial charge in [-0.1, -0.05) is 18.5 Å². The van der Waals surface area contributed by atoms with E-state index in [9.17, 15) is 4.79 Å². The van der Waals surface area contributed by atoms with E-state index in [1.807, 2.05) is 36.4 Å². The summed E-state index contributed by atoms with van der Waals surface area (Å²) in [5, 5.41) is 0.565. The van der Waals surface area contributed by atoms with Gasteiger partial charge in [-0.15, -0.1) is 0 Å². The minimum absolute atomic E-state index is 0.00456. The molecule has 0 N–H and O–H groups in total. The first-order chi connectivity index (χ1) is 15.5. The third kappa shape index (κ3) is 4.08. The Morgan fingerprint density at radius 1 is 1.09 bits per heavy atom. The summed E-state index contributed by atoms with van der Waals surface area (Å²) in [7, 11) is 2.23. The predicted octanol–water partition coefficient (Wildman–Crippen LogP) is 5.34. The van der Waals surface area contributed by atoms with Gasteiger partial charge in [0.1, 0.15) is 17.6 Å². The summed E-state index contributed by atoms with van der Waals surface area (Å²) < 4.78 is 12.0. The molecule has 2 unspecified atom stereocenters. The van der Waals surface area contributed by atoms with Crippen LogP contribution in [0.4, 0.5) is 5.69 Å². The van der Waals surface area contributed by atoms with Crippen LogP contribution < -0.4 is 14.4 Å². The summed E-state index contributed by atoms with van der Waals surface area (Å²) in [4.78, 5) is 17.5. The number of carbonyl (C=O) groups excluding carboxylic acids is 1. The van der Waals surface area contributed by atoms with Crippen molar-refractivity contribution < 1.29 is 14.3 Å². The largest absolute Gasteiger partial charge is 0.494 e. The van der Waals surface area contributed by atoms with Crippen LogP contribution in [0.2, 0.25) is 5.02 Å². The van der Waals surface area contributed by atoms with Gasteiger partial charge < -0.3 is 19.3 Å². The molecule has 3 heterocycles. The normalized spacial score (nSPS) is 25.0. The Kier molecular flexibility index (Phi) is 6.04. The molecule has 3 aliphatic heterocycles. The average molecular weight is 455 g/mol. The van der Waals surface area contributed by atoms with Gasteiger partial charge in [0, 0.05) is 29.9 Å². The van der Waals surface area contributed by atoms with Crippen LogP contribution in [0.25, 0.3) is 0 Å². The lowest BCUT2D eigenvalue weighted by Gasteiger charge is -2.36. The van der Waals surface area contributed by atoms with Crippen molar-refractivity contribution in [2.24, 2.45) is 0 Å². The first-order valence-electron chi connectivity index (χ1n) is 11.8. The van der Waals surface area contributed by atoms with E-state index < -0.39 is 0 Å². The molecule has 2 bridgehead atoms. The molecule has 0 radical (unpaired) electrons. The highest BCUT2D eigenvalue weighted by atomic mass is 35.5. The highest BCUT2D eigenvalue weighted by Crippen LogP contribution is 2.38. The molecule has 2 aromatic rings. The number of ether oxygens (including phenoxy) is 2. The van der Waals surface area contributed by atoms with Crippen LogP contribution in [-0.2, 0) is 6.42 Å². The fourth-order valence-corrected chi connectivity index (χ4v) is 5.63. The zero-order chi connectivity index (χ0) is 22.2. The Balaban J connectivity index is 1.29. The highest BCUT2D eigenvalue weighted by molar-refractivity contribution is 6.32. The monoisotopic (exact) mass is 454 g/mol. The molecular weight excluding hydrogens is 424 g/mol. The van der Waals surface area contributed by atoms with Crippen LogP contribution in [0.3, 0.4) is 0 Å². The molecule has 0 spiro atoms. The van der Waals surface area contributed by atoms with Gasteiger partial charge >= 0.3 is 0 Å². The Hall–Kier alpha value is -2.24. The fourth-order valence-electron chi connectivity index (χ4n) is 5.41. The standard InChI is InChI=1S/C26H31ClN2O3/c1-3-12-31-21-7-8-23-17(13-21)10-11-29(26(23)30)20-6-9-25(24(27)16-20)32-22-14-18-4-5-19(15-22)28(18)2/h6-9,13,16,18-19,22H,3-5,10-12,14-15H2,1-2H3. The number of carbonyl (C=O) groups is 1. The van der Waals surface area contributed by atoms with E-state index in [2.05, 4.69) is 18.9 Å². The number of anilines is 1. The first-order valence-corrected chi connectivity index (χ1v) is 12.2. The molecule has 0 aliphatic carbocycles. The van der Waals surface area contributed by atoms with E-state index >= 15 is 0 Å². The number of piperidine rings is 1. The summed E-state index contributed by atoms with van der Waals surface area (Å²) in [6.07, 6.45) is 6.59. The highest BCUT2D eigenvalue weighted by Gasteiger charge is 2.39. The number of hydrogen-bond donors (Lipinski definition) is 0. The Morgan fingerprint density at radius 3 is 2.59 bits per heavy atom. The molecule has 5 rings (SSSR count). The fraction of sp³-hybridized carbons (Fsp3) is 0.500. The van der Waals surface area contributed by atoms with Crippen molar-refractivity contribution in [2.75, 3.05) is 25.1 Å². The number of rotatable bonds is 6. The summed E-state index contributed by atoms with van der Waals surface area (Å²) in [5.41, 5.74) is 2.59. The second-order valence-electron chi connectivity index (χ2n) is 9.25. The Bertz CT molecular complexity index is 997. The maximum Gasteiger partial charge on any atom is 0.258 e. The number of halogens is 1. The number of nitrogens with zero attached hydrogens (tertiary/aromatic N) is 2. The smallest absolute Gasteiger partial charge is 0.258 e. The second kappa shape index (κ2) is 8.95. The summed E-state index contributed by atoms with van der Waals surface area (Å²) in [5.74, 6) is 1.55. The predicted molar refractivity (Wildman–Crippen MR) is 127 cm³/mol. The SMILES string of the molecule is CCCOc1ccc2c(c1)CCN(c1ccc(OC3CC4CCC(C3)N4C)c(Cl)c1)C2=O.